The summed E-state index contributed by atoms with van der Waals surface area (Å²) in [7, 11) is 2.18. The number of nitrogens with zero attached hydrogens (tertiary/aromatic N) is 2. The Bertz CT molecular complexity index is 1030. The molecular formula is C22H24N4. The maximum absolute atomic E-state index is 7.74. The first-order valence-electron chi connectivity index (χ1n) is 8.97. The molecule has 0 bridgehead atoms. The van der Waals surface area contributed by atoms with Crippen molar-refractivity contribution >= 4 is 22.7 Å². The van der Waals surface area contributed by atoms with Crippen LogP contribution in [0.1, 0.15) is 22.4 Å². The molecule has 0 saturated heterocycles. The maximum atomic E-state index is 7.74. The van der Waals surface area contributed by atoms with Gasteiger partial charge < -0.3 is 20.6 Å². The largest absolute Gasteiger partial charge is 0.404 e. The van der Waals surface area contributed by atoms with Crippen LogP contribution >= 0.6 is 0 Å². The number of likely N-dealkylation sites (N-methyl/N-ethyl adjacent to an activating group) is 1. The highest BCUT2D eigenvalue weighted by Crippen LogP contribution is 2.35. The molecule has 0 fully saturated rings. The number of aryl methyl sites for hydroxylation is 1. The summed E-state index contributed by atoms with van der Waals surface area (Å²) in [5.74, 6) is 0. The molecule has 4 heteroatoms. The Labute approximate surface area is 154 Å². The molecule has 0 amide bonds. The van der Waals surface area contributed by atoms with Crippen molar-refractivity contribution in [2.24, 2.45) is 5.73 Å². The van der Waals surface area contributed by atoms with Gasteiger partial charge in [0.25, 0.3) is 0 Å². The van der Waals surface area contributed by atoms with Crippen LogP contribution in [0, 0.1) is 12.3 Å². The number of fused-ring (bicyclic) bond motifs is 3. The number of rotatable bonds is 3. The topological polar surface area (TPSA) is 58.0 Å². The molecular weight excluding hydrogens is 320 g/mol. The van der Waals surface area contributed by atoms with Gasteiger partial charge in [-0.3, -0.25) is 0 Å². The van der Waals surface area contributed by atoms with Gasteiger partial charge in [0.1, 0.15) is 0 Å². The minimum atomic E-state index is 0.733. The van der Waals surface area contributed by atoms with Crippen molar-refractivity contribution in [2.45, 2.75) is 19.9 Å². The van der Waals surface area contributed by atoms with E-state index in [1.807, 2.05) is 12.1 Å². The molecule has 2 heterocycles. The second-order valence-corrected chi connectivity index (χ2v) is 7.05. The molecule has 0 aliphatic carbocycles. The molecule has 26 heavy (non-hydrogen) atoms. The highest BCUT2D eigenvalue weighted by Gasteiger charge is 2.24. The molecule has 3 aromatic rings. The third-order valence-electron chi connectivity index (χ3n) is 5.29. The summed E-state index contributed by atoms with van der Waals surface area (Å²) in [6.45, 7) is 4.16. The van der Waals surface area contributed by atoms with Crippen molar-refractivity contribution in [1.29, 1.82) is 5.41 Å². The van der Waals surface area contributed by atoms with Crippen LogP contribution in [0.3, 0.4) is 0 Å². The van der Waals surface area contributed by atoms with Crippen molar-refractivity contribution in [3.05, 3.63) is 71.0 Å². The lowest BCUT2D eigenvalue weighted by Gasteiger charge is -2.25. The average Bonchev–Trinajstić information content (AvgIpc) is 2.96. The lowest BCUT2D eigenvalue weighted by atomic mass is 10.0. The molecule has 0 radical (unpaired) electrons. The average molecular weight is 344 g/mol. The van der Waals surface area contributed by atoms with Crippen LogP contribution in [-0.4, -0.2) is 29.3 Å². The summed E-state index contributed by atoms with van der Waals surface area (Å²) in [5, 5.41) is 9.06. The number of para-hydroxylation sites is 1. The van der Waals surface area contributed by atoms with Crippen LogP contribution in [0.2, 0.25) is 0 Å². The zero-order valence-corrected chi connectivity index (χ0v) is 15.3. The molecule has 0 spiro atoms. The molecule has 1 aromatic heterocycles. The quantitative estimate of drug-likeness (QED) is 0.709. The van der Waals surface area contributed by atoms with Gasteiger partial charge in [-0.15, -0.1) is 0 Å². The predicted octanol–water partition coefficient (Wildman–Crippen LogP) is 3.88. The van der Waals surface area contributed by atoms with Crippen LogP contribution in [0.4, 0.5) is 0 Å². The van der Waals surface area contributed by atoms with E-state index in [-0.39, 0.29) is 0 Å². The lowest BCUT2D eigenvalue weighted by molar-refractivity contribution is 0.311. The number of hydrogen-bond donors (Lipinski definition) is 2. The number of nitrogens with two attached hydrogens (primary N) is 1. The van der Waals surface area contributed by atoms with E-state index >= 15 is 0 Å². The molecule has 0 saturated carbocycles. The maximum Gasteiger partial charge on any atom is 0.0538 e. The van der Waals surface area contributed by atoms with Gasteiger partial charge in [0.15, 0.2) is 0 Å². The Morgan fingerprint density at radius 3 is 2.77 bits per heavy atom. The summed E-state index contributed by atoms with van der Waals surface area (Å²) in [6, 6.07) is 14.9. The Hall–Kier alpha value is -2.85. The highest BCUT2D eigenvalue weighted by molar-refractivity contribution is 6.09. The summed E-state index contributed by atoms with van der Waals surface area (Å²) in [4.78, 5) is 2.38. The smallest absolute Gasteiger partial charge is 0.0538 e. The molecule has 1 aliphatic heterocycles. The third kappa shape index (κ3) is 2.54. The Morgan fingerprint density at radius 2 is 2.00 bits per heavy atom. The van der Waals surface area contributed by atoms with Gasteiger partial charge in [0, 0.05) is 54.1 Å². The molecule has 4 rings (SSSR count). The molecule has 0 unspecified atom stereocenters. The van der Waals surface area contributed by atoms with Crippen molar-refractivity contribution in [3.63, 3.8) is 0 Å². The van der Waals surface area contributed by atoms with E-state index in [2.05, 4.69) is 53.8 Å². The summed E-state index contributed by atoms with van der Waals surface area (Å²) >= 11 is 0. The Balaban J connectivity index is 2.07. The van der Waals surface area contributed by atoms with Crippen LogP contribution in [0.5, 0.6) is 0 Å². The van der Waals surface area contributed by atoms with Crippen LogP contribution in [0.25, 0.3) is 22.2 Å². The predicted molar refractivity (Wildman–Crippen MR) is 109 cm³/mol. The van der Waals surface area contributed by atoms with Gasteiger partial charge in [-0.2, -0.15) is 0 Å². The van der Waals surface area contributed by atoms with Gasteiger partial charge >= 0.3 is 0 Å². The van der Waals surface area contributed by atoms with Gasteiger partial charge in [-0.05, 0) is 37.7 Å². The van der Waals surface area contributed by atoms with Crippen LogP contribution in [-0.2, 0) is 13.0 Å². The molecule has 0 atom stereocenters. The zero-order chi connectivity index (χ0) is 18.3. The van der Waals surface area contributed by atoms with E-state index in [0.29, 0.717) is 0 Å². The van der Waals surface area contributed by atoms with E-state index in [1.165, 1.54) is 40.1 Å². The number of nitrogens with one attached hydrogen (secondary N) is 1. The van der Waals surface area contributed by atoms with E-state index in [9.17, 15) is 0 Å². The molecule has 3 N–H and O–H groups in total. The minimum absolute atomic E-state index is 0.733. The Morgan fingerprint density at radius 1 is 1.19 bits per heavy atom. The van der Waals surface area contributed by atoms with Gasteiger partial charge in [0.2, 0.25) is 0 Å². The fourth-order valence-corrected chi connectivity index (χ4v) is 4.01. The minimum Gasteiger partial charge on any atom is -0.404 e. The fourth-order valence-electron chi connectivity index (χ4n) is 4.01. The Kier molecular flexibility index (Phi) is 4.13. The first-order chi connectivity index (χ1) is 12.6. The SMILES string of the molecule is Cc1ccc2c(c1)c1c(n2-c2ccccc2/C(C=N)=C/N)CCN(C)C1. The molecule has 2 aromatic carbocycles. The number of benzene rings is 2. The molecule has 1 aliphatic rings. The van der Waals surface area contributed by atoms with Gasteiger partial charge in [0.05, 0.1) is 11.2 Å². The number of aromatic nitrogens is 1. The highest BCUT2D eigenvalue weighted by atomic mass is 15.1. The first kappa shape index (κ1) is 16.6. The van der Waals surface area contributed by atoms with Crippen molar-refractivity contribution in [3.8, 4) is 5.69 Å². The normalized spacial score (nSPS) is 15.2. The van der Waals surface area contributed by atoms with Crippen LogP contribution < -0.4 is 5.73 Å². The van der Waals surface area contributed by atoms with Crippen molar-refractivity contribution in [2.75, 3.05) is 13.6 Å². The summed E-state index contributed by atoms with van der Waals surface area (Å²) < 4.78 is 2.37. The van der Waals surface area contributed by atoms with E-state index in [4.69, 9.17) is 11.1 Å². The standard InChI is InChI=1S/C22H24N4/c1-15-7-8-21-18(11-15)19-14-25(2)10-9-22(19)26(21)20-6-4-3-5-17(20)16(12-23)13-24/h3-8,11-13,23H,9-10,14,24H2,1-2H3/b16-13+,23-12?. The fraction of sp³-hybridized carbons (Fsp3) is 0.227. The van der Waals surface area contributed by atoms with Crippen molar-refractivity contribution in [1.82, 2.24) is 9.47 Å². The monoisotopic (exact) mass is 344 g/mol. The van der Waals surface area contributed by atoms with E-state index < -0.39 is 0 Å². The van der Waals surface area contributed by atoms with E-state index in [0.717, 1.165) is 36.3 Å². The van der Waals surface area contributed by atoms with Crippen LogP contribution in [0.15, 0.2) is 48.7 Å². The lowest BCUT2D eigenvalue weighted by Crippen LogP contribution is -2.27. The first-order valence-corrected chi connectivity index (χ1v) is 8.97. The van der Waals surface area contributed by atoms with Gasteiger partial charge in [-0.1, -0.05) is 29.8 Å². The van der Waals surface area contributed by atoms with E-state index in [1.54, 1.807) is 0 Å². The summed E-state index contributed by atoms with van der Waals surface area (Å²) in [5.41, 5.74) is 13.9. The zero-order valence-electron chi connectivity index (χ0n) is 15.3. The van der Waals surface area contributed by atoms with Crippen molar-refractivity contribution < 1.29 is 0 Å². The number of hydrogen-bond acceptors (Lipinski definition) is 3. The second kappa shape index (κ2) is 6.46. The summed E-state index contributed by atoms with van der Waals surface area (Å²) in [6.07, 6.45) is 3.86. The number of allylic oxidation sites excluding steroid dienone is 1. The third-order valence-corrected chi connectivity index (χ3v) is 5.29. The second-order valence-electron chi connectivity index (χ2n) is 7.05. The van der Waals surface area contributed by atoms with Gasteiger partial charge in [-0.25, -0.2) is 0 Å². The molecule has 4 nitrogen and oxygen atoms in total. The molecule has 132 valence electrons.